The van der Waals surface area contributed by atoms with Crippen LogP contribution in [-0.4, -0.2) is 24.7 Å². The summed E-state index contributed by atoms with van der Waals surface area (Å²) in [6.45, 7) is 3.81. The van der Waals surface area contributed by atoms with Gasteiger partial charge in [0.2, 0.25) is 16.0 Å². The molecule has 1 aromatic heterocycles. The second-order valence-corrected chi connectivity index (χ2v) is 6.92. The summed E-state index contributed by atoms with van der Waals surface area (Å²) in [5.41, 5.74) is 0.423. The summed E-state index contributed by atoms with van der Waals surface area (Å²) in [5.74, 6) is -0.611. The van der Waals surface area contributed by atoms with Gasteiger partial charge in [-0.15, -0.1) is 0 Å². The van der Waals surface area contributed by atoms with Gasteiger partial charge in [0, 0.05) is 6.54 Å². The molecule has 1 aliphatic rings. The summed E-state index contributed by atoms with van der Waals surface area (Å²) >= 11 is 0. The van der Waals surface area contributed by atoms with Crippen molar-refractivity contribution in [3.8, 4) is 0 Å². The van der Waals surface area contributed by atoms with Crippen molar-refractivity contribution in [2.75, 3.05) is 10.8 Å². The van der Waals surface area contributed by atoms with Crippen LogP contribution in [0.1, 0.15) is 20.3 Å². The highest BCUT2D eigenvalue weighted by Crippen LogP contribution is 2.35. The number of rotatable bonds is 1. The number of halogens is 1. The molecule has 0 aromatic carbocycles. The molecule has 2 rings (SSSR count). The Morgan fingerprint density at radius 2 is 2.12 bits per heavy atom. The van der Waals surface area contributed by atoms with E-state index in [4.69, 9.17) is 0 Å². The second kappa shape index (κ2) is 3.41. The summed E-state index contributed by atoms with van der Waals surface area (Å²) in [6, 6.07) is 2.59. The molecular formula is C10H13FN2O2S. The van der Waals surface area contributed by atoms with Crippen LogP contribution in [-0.2, 0) is 10.0 Å². The van der Waals surface area contributed by atoms with Crippen LogP contribution in [0, 0.1) is 5.95 Å². The van der Waals surface area contributed by atoms with E-state index in [2.05, 4.69) is 4.98 Å². The molecule has 1 aliphatic heterocycles. The first kappa shape index (κ1) is 11.3. The van der Waals surface area contributed by atoms with Gasteiger partial charge in [-0.05, 0) is 32.4 Å². The average Bonchev–Trinajstić information content (AvgIpc) is 2.40. The van der Waals surface area contributed by atoms with Crippen LogP contribution in [0.3, 0.4) is 0 Å². The van der Waals surface area contributed by atoms with Crippen molar-refractivity contribution in [1.29, 1.82) is 0 Å². The Labute approximate surface area is 94.2 Å². The summed E-state index contributed by atoms with van der Waals surface area (Å²) in [5, 5.41) is 0. The van der Waals surface area contributed by atoms with Crippen molar-refractivity contribution < 1.29 is 12.8 Å². The van der Waals surface area contributed by atoms with Crippen LogP contribution in [0.15, 0.2) is 18.3 Å². The molecule has 16 heavy (non-hydrogen) atoms. The average molecular weight is 244 g/mol. The van der Waals surface area contributed by atoms with E-state index in [1.54, 1.807) is 13.8 Å². The molecule has 0 saturated carbocycles. The first-order chi connectivity index (χ1) is 7.34. The van der Waals surface area contributed by atoms with Crippen molar-refractivity contribution in [1.82, 2.24) is 4.98 Å². The molecule has 88 valence electrons. The first-order valence-electron chi connectivity index (χ1n) is 4.98. The standard InChI is InChI=1S/C10H13FN2O2S/c1-10(2)5-6-13(16(10,14)15)8-3-4-9(11)12-7-8/h3-4,7H,5-6H2,1-2H3. The summed E-state index contributed by atoms with van der Waals surface area (Å²) < 4.78 is 37.4. The lowest BCUT2D eigenvalue weighted by atomic mass is 10.1. The van der Waals surface area contributed by atoms with E-state index in [0.29, 0.717) is 18.7 Å². The molecule has 1 fully saturated rings. The van der Waals surface area contributed by atoms with E-state index in [-0.39, 0.29) is 0 Å². The van der Waals surface area contributed by atoms with Gasteiger partial charge in [0.1, 0.15) is 0 Å². The van der Waals surface area contributed by atoms with Gasteiger partial charge >= 0.3 is 0 Å². The normalized spacial score (nSPS) is 22.3. The minimum atomic E-state index is -3.36. The zero-order valence-electron chi connectivity index (χ0n) is 9.14. The van der Waals surface area contributed by atoms with Crippen molar-refractivity contribution in [2.24, 2.45) is 0 Å². The number of anilines is 1. The minimum Gasteiger partial charge on any atom is -0.268 e. The summed E-state index contributed by atoms with van der Waals surface area (Å²) in [7, 11) is -3.36. The third kappa shape index (κ3) is 1.57. The van der Waals surface area contributed by atoms with Crippen molar-refractivity contribution in [3.05, 3.63) is 24.3 Å². The number of sulfonamides is 1. The predicted molar refractivity (Wildman–Crippen MR) is 59.2 cm³/mol. The summed E-state index contributed by atoms with van der Waals surface area (Å²) in [6.07, 6.45) is 1.81. The number of nitrogens with zero attached hydrogens (tertiary/aromatic N) is 2. The monoisotopic (exact) mass is 244 g/mol. The molecule has 1 aromatic rings. The Bertz CT molecular complexity index is 496. The third-order valence-electron chi connectivity index (χ3n) is 2.91. The fraction of sp³-hybridized carbons (Fsp3) is 0.500. The molecule has 0 unspecified atom stereocenters. The molecule has 0 bridgehead atoms. The molecule has 6 heteroatoms. The molecule has 0 aliphatic carbocycles. The number of pyridine rings is 1. The van der Waals surface area contributed by atoms with E-state index in [0.717, 1.165) is 6.07 Å². The Morgan fingerprint density at radius 1 is 1.44 bits per heavy atom. The zero-order valence-corrected chi connectivity index (χ0v) is 9.96. The molecule has 2 heterocycles. The predicted octanol–water partition coefficient (Wildman–Crippen LogP) is 1.54. The van der Waals surface area contributed by atoms with Gasteiger partial charge < -0.3 is 0 Å². The fourth-order valence-corrected chi connectivity index (χ4v) is 3.36. The SMILES string of the molecule is CC1(C)CCN(c2ccc(F)nc2)S1(=O)=O. The third-order valence-corrected chi connectivity index (χ3v) is 5.48. The van der Waals surface area contributed by atoms with Crippen LogP contribution in [0.5, 0.6) is 0 Å². The van der Waals surface area contributed by atoms with Gasteiger partial charge in [0.15, 0.2) is 0 Å². The van der Waals surface area contributed by atoms with Gasteiger partial charge in [-0.3, -0.25) is 4.31 Å². The van der Waals surface area contributed by atoms with Crippen LogP contribution < -0.4 is 4.31 Å². The molecule has 0 atom stereocenters. The maximum Gasteiger partial charge on any atom is 0.240 e. The smallest absolute Gasteiger partial charge is 0.240 e. The molecule has 4 nitrogen and oxygen atoms in total. The minimum absolute atomic E-state index is 0.419. The highest BCUT2D eigenvalue weighted by molar-refractivity contribution is 7.94. The van der Waals surface area contributed by atoms with Crippen molar-refractivity contribution in [2.45, 2.75) is 25.0 Å². The lowest BCUT2D eigenvalue weighted by Gasteiger charge is -2.21. The molecule has 0 amide bonds. The largest absolute Gasteiger partial charge is 0.268 e. The zero-order chi connectivity index (χ0) is 12.0. The van der Waals surface area contributed by atoms with Crippen LogP contribution in [0.25, 0.3) is 0 Å². The lowest BCUT2D eigenvalue weighted by Crippen LogP contribution is -2.34. The van der Waals surface area contributed by atoms with Crippen molar-refractivity contribution >= 4 is 15.7 Å². The highest BCUT2D eigenvalue weighted by Gasteiger charge is 2.45. The maximum atomic E-state index is 12.6. The molecule has 0 N–H and O–H groups in total. The van der Waals surface area contributed by atoms with Gasteiger partial charge in [0.05, 0.1) is 16.6 Å². The van der Waals surface area contributed by atoms with Crippen LogP contribution in [0.2, 0.25) is 0 Å². The number of hydrogen-bond donors (Lipinski definition) is 0. The second-order valence-electron chi connectivity index (χ2n) is 4.43. The number of aromatic nitrogens is 1. The topological polar surface area (TPSA) is 50.3 Å². The van der Waals surface area contributed by atoms with E-state index in [1.165, 1.54) is 16.6 Å². The van der Waals surface area contributed by atoms with E-state index in [9.17, 15) is 12.8 Å². The van der Waals surface area contributed by atoms with Crippen LogP contribution >= 0.6 is 0 Å². The van der Waals surface area contributed by atoms with Gasteiger partial charge in [0.25, 0.3) is 0 Å². The van der Waals surface area contributed by atoms with Crippen LogP contribution in [0.4, 0.5) is 10.1 Å². The van der Waals surface area contributed by atoms with E-state index in [1.807, 2.05) is 0 Å². The maximum absolute atomic E-state index is 12.6. The van der Waals surface area contributed by atoms with Gasteiger partial charge in [-0.1, -0.05) is 0 Å². The molecule has 0 radical (unpaired) electrons. The highest BCUT2D eigenvalue weighted by atomic mass is 32.2. The van der Waals surface area contributed by atoms with E-state index >= 15 is 0 Å². The fourth-order valence-electron chi connectivity index (χ4n) is 1.70. The van der Waals surface area contributed by atoms with Gasteiger partial charge in [-0.2, -0.15) is 4.39 Å². The van der Waals surface area contributed by atoms with Crippen molar-refractivity contribution in [3.63, 3.8) is 0 Å². The number of hydrogen-bond acceptors (Lipinski definition) is 3. The Hall–Kier alpha value is -1.17. The van der Waals surface area contributed by atoms with E-state index < -0.39 is 20.7 Å². The molecule has 0 spiro atoms. The Balaban J connectivity index is 2.41. The Morgan fingerprint density at radius 3 is 2.56 bits per heavy atom. The Kier molecular flexibility index (Phi) is 2.41. The van der Waals surface area contributed by atoms with Gasteiger partial charge in [-0.25, -0.2) is 13.4 Å². The lowest BCUT2D eigenvalue weighted by molar-refractivity contribution is 0.559. The first-order valence-corrected chi connectivity index (χ1v) is 6.42. The molecule has 1 saturated heterocycles. The summed E-state index contributed by atoms with van der Waals surface area (Å²) in [4.78, 5) is 3.46. The quantitative estimate of drug-likeness (QED) is 0.704. The molecular weight excluding hydrogens is 231 g/mol.